The van der Waals surface area contributed by atoms with E-state index < -0.39 is 0 Å². The lowest BCUT2D eigenvalue weighted by Gasteiger charge is -2.07. The zero-order chi connectivity index (χ0) is 19.1. The van der Waals surface area contributed by atoms with Crippen LogP contribution in [0.4, 0.5) is 4.39 Å². The van der Waals surface area contributed by atoms with Crippen molar-refractivity contribution in [1.29, 1.82) is 0 Å². The number of carbonyl (C=O) groups excluding carboxylic acids is 1. The molecule has 0 fully saturated rings. The first kappa shape index (κ1) is 18.9. The molecule has 0 unspecified atom stereocenters. The third kappa shape index (κ3) is 5.82. The van der Waals surface area contributed by atoms with Gasteiger partial charge in [0.25, 0.3) is 0 Å². The van der Waals surface area contributed by atoms with E-state index in [1.54, 1.807) is 42.6 Å². The quantitative estimate of drug-likeness (QED) is 0.585. The topological polar surface area (TPSA) is 64.4 Å². The number of nitrogens with one attached hydrogen (secondary N) is 1. The van der Waals surface area contributed by atoms with E-state index in [4.69, 9.17) is 20.8 Å². The van der Waals surface area contributed by atoms with E-state index in [1.807, 2.05) is 0 Å². The van der Waals surface area contributed by atoms with Gasteiger partial charge in [-0.25, -0.2) is 9.37 Å². The molecule has 1 aromatic heterocycles. The fraction of sp³-hybridized carbons (Fsp3) is 0.200. The second-order valence-electron chi connectivity index (χ2n) is 5.78. The first-order valence-corrected chi connectivity index (χ1v) is 8.83. The van der Waals surface area contributed by atoms with E-state index in [2.05, 4.69) is 10.3 Å². The lowest BCUT2D eigenvalue weighted by Crippen LogP contribution is -2.28. The van der Waals surface area contributed by atoms with Crippen LogP contribution in [0.15, 0.2) is 59.1 Å². The zero-order valence-corrected chi connectivity index (χ0v) is 15.2. The van der Waals surface area contributed by atoms with Crippen LogP contribution in [0.25, 0.3) is 11.3 Å². The van der Waals surface area contributed by atoms with Gasteiger partial charge in [-0.2, -0.15) is 0 Å². The van der Waals surface area contributed by atoms with Gasteiger partial charge in [-0.15, -0.1) is 0 Å². The Morgan fingerprint density at radius 1 is 1.15 bits per heavy atom. The fourth-order valence-corrected chi connectivity index (χ4v) is 2.50. The number of oxazole rings is 1. The van der Waals surface area contributed by atoms with Crippen LogP contribution in [0, 0.1) is 5.82 Å². The molecule has 7 heteroatoms. The van der Waals surface area contributed by atoms with Crippen molar-refractivity contribution in [2.45, 2.75) is 12.8 Å². The molecule has 0 radical (unpaired) electrons. The van der Waals surface area contributed by atoms with Crippen molar-refractivity contribution in [2.75, 3.05) is 13.2 Å². The summed E-state index contributed by atoms with van der Waals surface area (Å²) in [6.07, 6.45) is 2.20. The maximum atomic E-state index is 13.0. The number of rotatable bonds is 8. The SMILES string of the molecule is O=C(CCc1ncc(-c2ccc(F)cc2)o1)NCCOc1ccc(Cl)cc1. The van der Waals surface area contributed by atoms with Crippen LogP contribution in [-0.2, 0) is 11.2 Å². The van der Waals surface area contributed by atoms with E-state index in [0.29, 0.717) is 42.0 Å². The number of ether oxygens (including phenoxy) is 1. The highest BCUT2D eigenvalue weighted by Crippen LogP contribution is 2.21. The zero-order valence-electron chi connectivity index (χ0n) is 14.5. The molecule has 0 saturated carbocycles. The number of benzene rings is 2. The van der Waals surface area contributed by atoms with E-state index in [9.17, 15) is 9.18 Å². The van der Waals surface area contributed by atoms with Crippen molar-refractivity contribution in [3.8, 4) is 17.1 Å². The molecule has 140 valence electrons. The van der Waals surface area contributed by atoms with Gasteiger partial charge in [-0.3, -0.25) is 4.79 Å². The van der Waals surface area contributed by atoms with Crippen molar-refractivity contribution in [2.24, 2.45) is 0 Å². The molecule has 3 aromatic rings. The van der Waals surface area contributed by atoms with E-state index in [-0.39, 0.29) is 18.1 Å². The predicted molar refractivity (Wildman–Crippen MR) is 100 cm³/mol. The van der Waals surface area contributed by atoms with Gasteiger partial charge in [0, 0.05) is 23.4 Å². The summed E-state index contributed by atoms with van der Waals surface area (Å²) in [5.41, 5.74) is 0.735. The molecular formula is C20H18ClFN2O3. The minimum absolute atomic E-state index is 0.115. The van der Waals surface area contributed by atoms with Gasteiger partial charge in [-0.1, -0.05) is 11.6 Å². The summed E-state index contributed by atoms with van der Waals surface area (Å²) in [4.78, 5) is 16.0. The van der Waals surface area contributed by atoms with Crippen LogP contribution in [0.2, 0.25) is 5.02 Å². The monoisotopic (exact) mass is 388 g/mol. The van der Waals surface area contributed by atoms with Crippen molar-refractivity contribution >= 4 is 17.5 Å². The van der Waals surface area contributed by atoms with Gasteiger partial charge < -0.3 is 14.5 Å². The standard InChI is InChI=1S/C20H18ClFN2O3/c21-15-3-7-17(8-4-15)26-12-11-23-19(25)9-10-20-24-13-18(27-20)14-1-5-16(22)6-2-14/h1-8,13H,9-12H2,(H,23,25). The fourth-order valence-electron chi connectivity index (χ4n) is 2.37. The normalized spacial score (nSPS) is 10.6. The number of hydrogen-bond acceptors (Lipinski definition) is 4. The minimum atomic E-state index is -0.310. The Bertz CT molecular complexity index is 879. The maximum Gasteiger partial charge on any atom is 0.220 e. The number of aromatic nitrogens is 1. The molecule has 0 bridgehead atoms. The van der Waals surface area contributed by atoms with Crippen LogP contribution >= 0.6 is 11.6 Å². The number of hydrogen-bond donors (Lipinski definition) is 1. The van der Waals surface area contributed by atoms with Gasteiger partial charge in [-0.05, 0) is 48.5 Å². The van der Waals surface area contributed by atoms with Crippen molar-refractivity contribution < 1.29 is 18.3 Å². The van der Waals surface area contributed by atoms with Gasteiger partial charge >= 0.3 is 0 Å². The first-order valence-electron chi connectivity index (χ1n) is 8.46. The molecule has 0 saturated heterocycles. The highest BCUT2D eigenvalue weighted by Gasteiger charge is 2.09. The lowest BCUT2D eigenvalue weighted by atomic mass is 10.2. The minimum Gasteiger partial charge on any atom is -0.492 e. The molecule has 1 heterocycles. The Hall–Kier alpha value is -2.86. The van der Waals surface area contributed by atoms with E-state index in [1.165, 1.54) is 12.1 Å². The van der Waals surface area contributed by atoms with Crippen LogP contribution in [0.5, 0.6) is 5.75 Å². The third-order valence-corrected chi connectivity index (χ3v) is 4.01. The summed E-state index contributed by atoms with van der Waals surface area (Å²) in [6, 6.07) is 13.0. The van der Waals surface area contributed by atoms with Gasteiger partial charge in [0.1, 0.15) is 18.2 Å². The summed E-state index contributed by atoms with van der Waals surface area (Å²) in [6.45, 7) is 0.759. The Labute approximate surface area is 161 Å². The molecule has 1 N–H and O–H groups in total. The second-order valence-corrected chi connectivity index (χ2v) is 6.21. The molecule has 3 rings (SSSR count). The van der Waals surface area contributed by atoms with Crippen LogP contribution in [0.1, 0.15) is 12.3 Å². The molecule has 2 aromatic carbocycles. The molecule has 0 aliphatic rings. The molecule has 0 aliphatic carbocycles. The number of aryl methyl sites for hydroxylation is 1. The van der Waals surface area contributed by atoms with Crippen molar-refractivity contribution in [3.63, 3.8) is 0 Å². The van der Waals surface area contributed by atoms with Gasteiger partial charge in [0.15, 0.2) is 11.7 Å². The Kier molecular flexibility index (Phi) is 6.44. The predicted octanol–water partition coefficient (Wildman–Crippen LogP) is 4.26. The molecule has 27 heavy (non-hydrogen) atoms. The Morgan fingerprint density at radius 2 is 1.89 bits per heavy atom. The highest BCUT2D eigenvalue weighted by atomic mass is 35.5. The van der Waals surface area contributed by atoms with Crippen molar-refractivity contribution in [3.05, 3.63) is 71.5 Å². The molecular weight excluding hydrogens is 371 g/mol. The lowest BCUT2D eigenvalue weighted by molar-refractivity contribution is -0.121. The molecule has 0 atom stereocenters. The summed E-state index contributed by atoms with van der Waals surface area (Å²) < 4.78 is 24.1. The highest BCUT2D eigenvalue weighted by molar-refractivity contribution is 6.30. The molecule has 5 nitrogen and oxygen atoms in total. The Balaban J connectivity index is 1.38. The average Bonchev–Trinajstić information content (AvgIpc) is 3.14. The van der Waals surface area contributed by atoms with E-state index in [0.717, 1.165) is 5.56 Å². The molecule has 1 amide bonds. The second kappa shape index (κ2) is 9.19. The summed E-state index contributed by atoms with van der Waals surface area (Å²) in [5.74, 6) is 1.27. The number of amides is 1. The largest absolute Gasteiger partial charge is 0.492 e. The summed E-state index contributed by atoms with van der Waals surface area (Å²) in [5, 5.41) is 3.42. The first-order chi connectivity index (χ1) is 13.1. The average molecular weight is 389 g/mol. The smallest absolute Gasteiger partial charge is 0.220 e. The third-order valence-electron chi connectivity index (χ3n) is 3.75. The van der Waals surface area contributed by atoms with Crippen LogP contribution < -0.4 is 10.1 Å². The number of carbonyl (C=O) groups is 1. The molecule has 0 spiro atoms. The van der Waals surface area contributed by atoms with Gasteiger partial charge in [0.05, 0.1) is 12.7 Å². The van der Waals surface area contributed by atoms with E-state index >= 15 is 0 Å². The summed E-state index contributed by atoms with van der Waals surface area (Å²) >= 11 is 5.80. The van der Waals surface area contributed by atoms with Crippen LogP contribution in [-0.4, -0.2) is 24.0 Å². The van der Waals surface area contributed by atoms with Gasteiger partial charge in [0.2, 0.25) is 5.91 Å². The number of nitrogens with zero attached hydrogens (tertiary/aromatic N) is 1. The number of halogens is 2. The molecule has 0 aliphatic heterocycles. The Morgan fingerprint density at radius 3 is 2.63 bits per heavy atom. The van der Waals surface area contributed by atoms with Crippen LogP contribution in [0.3, 0.4) is 0 Å². The van der Waals surface area contributed by atoms with Crippen molar-refractivity contribution in [1.82, 2.24) is 10.3 Å². The summed E-state index contributed by atoms with van der Waals surface area (Å²) in [7, 11) is 0. The maximum absolute atomic E-state index is 13.0.